The summed E-state index contributed by atoms with van der Waals surface area (Å²) in [5.74, 6) is 0. The highest BCUT2D eigenvalue weighted by molar-refractivity contribution is 6.21. The van der Waals surface area contributed by atoms with Crippen LogP contribution in [0.5, 0.6) is 0 Å². The summed E-state index contributed by atoms with van der Waals surface area (Å²) < 4.78 is 6.55. The van der Waals surface area contributed by atoms with Gasteiger partial charge >= 0.3 is 0 Å². The number of hydrogen-bond acceptors (Lipinski definition) is 2. The van der Waals surface area contributed by atoms with Crippen LogP contribution < -0.4 is 4.90 Å². The van der Waals surface area contributed by atoms with E-state index in [4.69, 9.17) is 4.42 Å². The summed E-state index contributed by atoms with van der Waals surface area (Å²) in [7, 11) is 0. The maximum atomic E-state index is 6.55. The Kier molecular flexibility index (Phi) is 8.00. The molecule has 1 aliphatic carbocycles. The zero-order valence-electron chi connectivity index (χ0n) is 29.8. The summed E-state index contributed by atoms with van der Waals surface area (Å²) in [4.78, 5) is 2.31. The minimum atomic E-state index is 0.915. The Bertz CT molecular complexity index is 2840. The smallest absolute Gasteiger partial charge is 0.136 e. The van der Waals surface area contributed by atoms with Crippen molar-refractivity contribution in [2.75, 3.05) is 4.90 Å². The van der Waals surface area contributed by atoms with Crippen molar-refractivity contribution in [2.24, 2.45) is 0 Å². The van der Waals surface area contributed by atoms with Crippen LogP contribution >= 0.6 is 0 Å². The molecule has 1 aliphatic rings. The van der Waals surface area contributed by atoms with E-state index in [1.807, 2.05) is 0 Å². The third kappa shape index (κ3) is 5.79. The van der Waals surface area contributed by atoms with Crippen LogP contribution in [0.3, 0.4) is 0 Å². The van der Waals surface area contributed by atoms with Crippen LogP contribution in [0.4, 0.5) is 17.1 Å². The molecule has 1 aromatic heterocycles. The lowest BCUT2D eigenvalue weighted by Crippen LogP contribution is -2.09. The second kappa shape index (κ2) is 13.6. The van der Waals surface area contributed by atoms with Crippen molar-refractivity contribution in [1.29, 1.82) is 0 Å². The largest absolute Gasteiger partial charge is 0.456 e. The molecule has 0 spiro atoms. The molecule has 0 saturated carbocycles. The highest BCUT2D eigenvalue weighted by atomic mass is 16.3. The molecule has 0 unspecified atom stereocenters. The average molecular weight is 692 g/mol. The maximum Gasteiger partial charge on any atom is 0.136 e. The molecule has 0 aliphatic heterocycles. The molecule has 2 nitrogen and oxygen atoms in total. The van der Waals surface area contributed by atoms with Gasteiger partial charge in [0.1, 0.15) is 11.2 Å². The Labute approximate surface area is 315 Å². The molecule has 256 valence electrons. The molecular formula is C52H37NO. The van der Waals surface area contributed by atoms with Crippen LogP contribution in [0.15, 0.2) is 205 Å². The molecule has 0 amide bonds. The Balaban J connectivity index is 0.994. The maximum absolute atomic E-state index is 6.55. The lowest BCUT2D eigenvalue weighted by atomic mass is 9.90. The quantitative estimate of drug-likeness (QED) is 0.165. The van der Waals surface area contributed by atoms with E-state index in [0.717, 1.165) is 46.5 Å². The molecule has 0 fully saturated rings. The standard InChI is InChI=1S/C52H37NO/c1-4-13-36(14-5-1)37-23-28-44(29-24-37)53(43-19-8-3-9-20-43)45-30-25-38(26-31-45)40-17-12-18-41(33-40)42-27-32-50-49(34-42)52-47-22-11-10-21-46(47)48(35-51(52)54-50)39-15-6-2-7-16-39/h1-6,8-15,17-35H,7,16H2. The molecule has 0 radical (unpaired) electrons. The van der Waals surface area contributed by atoms with E-state index >= 15 is 0 Å². The third-order valence-corrected chi connectivity index (χ3v) is 10.7. The Hall–Kier alpha value is -6.90. The van der Waals surface area contributed by atoms with Crippen molar-refractivity contribution in [3.05, 3.63) is 206 Å². The number of nitrogens with zero attached hydrogens (tertiary/aromatic N) is 1. The van der Waals surface area contributed by atoms with Gasteiger partial charge in [-0.25, -0.2) is 0 Å². The number of fused-ring (bicyclic) bond motifs is 5. The molecule has 1 heterocycles. The second-order valence-electron chi connectivity index (χ2n) is 14.0. The zero-order valence-corrected chi connectivity index (χ0v) is 29.8. The highest BCUT2D eigenvalue weighted by Gasteiger charge is 2.18. The van der Waals surface area contributed by atoms with Gasteiger partial charge in [0.2, 0.25) is 0 Å². The van der Waals surface area contributed by atoms with Gasteiger partial charge in [0, 0.05) is 27.8 Å². The van der Waals surface area contributed by atoms with Gasteiger partial charge < -0.3 is 9.32 Å². The van der Waals surface area contributed by atoms with E-state index in [1.54, 1.807) is 0 Å². The molecule has 0 N–H and O–H groups in total. The molecule has 54 heavy (non-hydrogen) atoms. The zero-order chi connectivity index (χ0) is 35.8. The molecule has 0 atom stereocenters. The first-order valence-corrected chi connectivity index (χ1v) is 18.7. The number of rotatable bonds is 7. The first-order valence-electron chi connectivity index (χ1n) is 18.7. The van der Waals surface area contributed by atoms with Crippen molar-refractivity contribution < 1.29 is 4.42 Å². The van der Waals surface area contributed by atoms with E-state index < -0.39 is 0 Å². The molecule has 2 heteroatoms. The average Bonchev–Trinajstić information content (AvgIpc) is 3.63. The summed E-state index contributed by atoms with van der Waals surface area (Å²) in [5, 5.41) is 4.85. The van der Waals surface area contributed by atoms with Crippen LogP contribution in [-0.2, 0) is 0 Å². The van der Waals surface area contributed by atoms with Crippen LogP contribution in [0.25, 0.3) is 71.7 Å². The number of benzene rings is 8. The van der Waals surface area contributed by atoms with E-state index in [-0.39, 0.29) is 0 Å². The summed E-state index contributed by atoms with van der Waals surface area (Å²) in [6.45, 7) is 0. The molecule has 9 aromatic rings. The van der Waals surface area contributed by atoms with Crippen molar-refractivity contribution in [2.45, 2.75) is 12.8 Å². The lowest BCUT2D eigenvalue weighted by molar-refractivity contribution is 0.669. The van der Waals surface area contributed by atoms with Crippen molar-refractivity contribution in [1.82, 2.24) is 0 Å². The topological polar surface area (TPSA) is 16.4 Å². The van der Waals surface area contributed by atoms with Crippen molar-refractivity contribution >= 4 is 55.3 Å². The first kappa shape index (κ1) is 31.8. The lowest BCUT2D eigenvalue weighted by Gasteiger charge is -2.26. The monoisotopic (exact) mass is 691 g/mol. The molecule has 0 bridgehead atoms. The van der Waals surface area contributed by atoms with Gasteiger partial charge in [0.05, 0.1) is 0 Å². The normalized spacial score (nSPS) is 12.7. The van der Waals surface area contributed by atoms with Crippen molar-refractivity contribution in [3.63, 3.8) is 0 Å². The molecular weight excluding hydrogens is 655 g/mol. The van der Waals surface area contributed by atoms with Gasteiger partial charge in [-0.2, -0.15) is 0 Å². The van der Waals surface area contributed by atoms with E-state index in [1.165, 1.54) is 60.7 Å². The Morgan fingerprint density at radius 3 is 1.67 bits per heavy atom. The van der Waals surface area contributed by atoms with Gasteiger partial charge in [-0.1, -0.05) is 140 Å². The molecule has 0 saturated heterocycles. The molecule has 8 aromatic carbocycles. The van der Waals surface area contributed by atoms with Gasteiger partial charge in [0.25, 0.3) is 0 Å². The number of furan rings is 1. The van der Waals surface area contributed by atoms with Gasteiger partial charge in [-0.15, -0.1) is 0 Å². The van der Waals surface area contributed by atoms with Crippen LogP contribution in [-0.4, -0.2) is 0 Å². The van der Waals surface area contributed by atoms with Gasteiger partial charge in [0.15, 0.2) is 0 Å². The van der Waals surface area contributed by atoms with Gasteiger partial charge in [-0.05, 0) is 129 Å². The van der Waals surface area contributed by atoms with E-state index in [0.29, 0.717) is 0 Å². The van der Waals surface area contributed by atoms with Gasteiger partial charge in [-0.3, -0.25) is 0 Å². The highest BCUT2D eigenvalue weighted by Crippen LogP contribution is 2.42. The summed E-state index contributed by atoms with van der Waals surface area (Å²) in [6, 6.07) is 65.4. The summed E-state index contributed by atoms with van der Waals surface area (Å²) >= 11 is 0. The predicted molar refractivity (Wildman–Crippen MR) is 229 cm³/mol. The minimum Gasteiger partial charge on any atom is -0.456 e. The molecule has 10 rings (SSSR count). The van der Waals surface area contributed by atoms with Crippen LogP contribution in [0.2, 0.25) is 0 Å². The number of para-hydroxylation sites is 1. The van der Waals surface area contributed by atoms with Crippen molar-refractivity contribution in [3.8, 4) is 33.4 Å². The Morgan fingerprint density at radius 2 is 0.963 bits per heavy atom. The number of anilines is 3. The second-order valence-corrected chi connectivity index (χ2v) is 14.0. The summed E-state index contributed by atoms with van der Waals surface area (Å²) in [6.07, 6.45) is 8.79. The van der Waals surface area contributed by atoms with Crippen LogP contribution in [0.1, 0.15) is 18.4 Å². The predicted octanol–water partition coefficient (Wildman–Crippen LogP) is 14.9. The summed E-state index contributed by atoms with van der Waals surface area (Å²) in [5.41, 5.74) is 15.0. The number of hydrogen-bond donors (Lipinski definition) is 0. The fourth-order valence-corrected chi connectivity index (χ4v) is 8.05. The first-order chi connectivity index (χ1) is 26.8. The van der Waals surface area contributed by atoms with E-state index in [9.17, 15) is 0 Å². The van der Waals surface area contributed by atoms with Crippen LogP contribution in [0, 0.1) is 0 Å². The minimum absolute atomic E-state index is 0.915. The Morgan fingerprint density at radius 1 is 0.407 bits per heavy atom. The fraction of sp³-hybridized carbons (Fsp3) is 0.0385. The SMILES string of the molecule is C1=CCCC(c2cc3oc4ccc(-c5cccc(-c6ccc(N(c7ccccc7)c7ccc(-c8ccccc8)cc7)cc6)c5)cc4c3c3ccccc23)=C1. The third-order valence-electron chi connectivity index (χ3n) is 10.7. The number of allylic oxidation sites excluding steroid dienone is 4. The van der Waals surface area contributed by atoms with E-state index in [2.05, 4.69) is 205 Å². The fourth-order valence-electron chi connectivity index (χ4n) is 8.05.